The molecule has 0 amide bonds. The van der Waals surface area contributed by atoms with E-state index in [4.69, 9.17) is 0 Å². The maximum absolute atomic E-state index is 9.47. The summed E-state index contributed by atoms with van der Waals surface area (Å²) in [6.45, 7) is 3.72. The zero-order chi connectivity index (χ0) is 10.6. The predicted molar refractivity (Wildman–Crippen MR) is 61.9 cm³/mol. The normalized spacial score (nSPS) is 30.6. The highest BCUT2D eigenvalue weighted by atomic mass is 16.3. The van der Waals surface area contributed by atoms with E-state index in [2.05, 4.69) is 10.6 Å². The minimum Gasteiger partial charge on any atom is -0.394 e. The third-order valence-corrected chi connectivity index (χ3v) is 4.03. The van der Waals surface area contributed by atoms with E-state index in [1.165, 1.54) is 32.2 Å². The van der Waals surface area contributed by atoms with Crippen LogP contribution in [0.1, 0.15) is 38.5 Å². The van der Waals surface area contributed by atoms with Crippen molar-refractivity contribution >= 4 is 0 Å². The van der Waals surface area contributed by atoms with Crippen LogP contribution < -0.4 is 10.6 Å². The van der Waals surface area contributed by atoms with E-state index >= 15 is 0 Å². The van der Waals surface area contributed by atoms with E-state index in [1.807, 2.05) is 0 Å². The summed E-state index contributed by atoms with van der Waals surface area (Å²) >= 11 is 0. The summed E-state index contributed by atoms with van der Waals surface area (Å²) in [4.78, 5) is 0. The molecule has 2 rings (SSSR count). The predicted octanol–water partition coefficient (Wildman–Crippen LogP) is 0.881. The van der Waals surface area contributed by atoms with Gasteiger partial charge in [0.15, 0.2) is 0 Å². The lowest BCUT2D eigenvalue weighted by atomic mass is 9.95. The zero-order valence-corrected chi connectivity index (χ0v) is 9.60. The van der Waals surface area contributed by atoms with Crippen LogP contribution in [0, 0.1) is 5.92 Å². The molecule has 1 aliphatic heterocycles. The van der Waals surface area contributed by atoms with Gasteiger partial charge in [0.2, 0.25) is 0 Å². The highest BCUT2D eigenvalue weighted by Gasteiger charge is 2.33. The van der Waals surface area contributed by atoms with Crippen molar-refractivity contribution in [3.05, 3.63) is 0 Å². The van der Waals surface area contributed by atoms with E-state index < -0.39 is 0 Å². The highest BCUT2D eigenvalue weighted by molar-refractivity contribution is 4.92. The first kappa shape index (κ1) is 11.4. The molecule has 0 radical (unpaired) electrons. The summed E-state index contributed by atoms with van der Waals surface area (Å²) < 4.78 is 0. The van der Waals surface area contributed by atoms with Crippen LogP contribution in [-0.4, -0.2) is 36.9 Å². The molecule has 1 unspecified atom stereocenters. The molecule has 3 heteroatoms. The molecular weight excluding hydrogens is 188 g/mol. The Morgan fingerprint density at radius 3 is 2.67 bits per heavy atom. The van der Waals surface area contributed by atoms with E-state index in [-0.39, 0.29) is 5.54 Å². The molecular formula is C12H24N2O. The summed E-state index contributed by atoms with van der Waals surface area (Å²) in [6, 6.07) is 0. The van der Waals surface area contributed by atoms with Gasteiger partial charge >= 0.3 is 0 Å². The summed E-state index contributed by atoms with van der Waals surface area (Å²) in [5.74, 6) is 0.766. The molecule has 1 atom stereocenters. The maximum atomic E-state index is 9.47. The van der Waals surface area contributed by atoms with E-state index in [1.54, 1.807) is 0 Å². The number of aliphatic hydroxyl groups is 1. The van der Waals surface area contributed by atoms with E-state index in [0.29, 0.717) is 6.61 Å². The topological polar surface area (TPSA) is 44.3 Å². The van der Waals surface area contributed by atoms with Crippen LogP contribution in [-0.2, 0) is 0 Å². The van der Waals surface area contributed by atoms with Gasteiger partial charge < -0.3 is 15.7 Å². The van der Waals surface area contributed by atoms with Crippen molar-refractivity contribution in [3.8, 4) is 0 Å². The smallest absolute Gasteiger partial charge is 0.0613 e. The van der Waals surface area contributed by atoms with Crippen LogP contribution >= 0.6 is 0 Å². The Hall–Kier alpha value is -0.120. The van der Waals surface area contributed by atoms with Crippen LogP contribution in [0.5, 0.6) is 0 Å². The molecule has 3 nitrogen and oxygen atoms in total. The van der Waals surface area contributed by atoms with Gasteiger partial charge in [-0.05, 0) is 51.2 Å². The molecule has 1 aliphatic carbocycles. The fourth-order valence-electron chi connectivity index (χ4n) is 2.90. The first-order valence-electron chi connectivity index (χ1n) is 6.41. The van der Waals surface area contributed by atoms with Crippen LogP contribution in [0.2, 0.25) is 0 Å². The van der Waals surface area contributed by atoms with Crippen molar-refractivity contribution in [2.24, 2.45) is 5.92 Å². The van der Waals surface area contributed by atoms with Gasteiger partial charge in [0.1, 0.15) is 0 Å². The number of aliphatic hydroxyl groups excluding tert-OH is 1. The van der Waals surface area contributed by atoms with Gasteiger partial charge in [0, 0.05) is 5.54 Å². The maximum Gasteiger partial charge on any atom is 0.0613 e. The molecule has 1 saturated carbocycles. The average molecular weight is 212 g/mol. The molecule has 1 heterocycles. The second kappa shape index (κ2) is 5.28. The van der Waals surface area contributed by atoms with Crippen LogP contribution in [0.15, 0.2) is 0 Å². The van der Waals surface area contributed by atoms with Crippen LogP contribution in [0.4, 0.5) is 0 Å². The van der Waals surface area contributed by atoms with Crippen LogP contribution in [0.3, 0.4) is 0 Å². The molecule has 88 valence electrons. The number of hydrogen-bond acceptors (Lipinski definition) is 3. The van der Waals surface area contributed by atoms with Crippen molar-refractivity contribution in [1.82, 2.24) is 10.6 Å². The monoisotopic (exact) mass is 212 g/mol. The summed E-state index contributed by atoms with van der Waals surface area (Å²) in [6.07, 6.45) is 7.50. The lowest BCUT2D eigenvalue weighted by Crippen LogP contribution is -2.49. The van der Waals surface area contributed by atoms with Gasteiger partial charge in [-0.3, -0.25) is 0 Å². The van der Waals surface area contributed by atoms with Crippen molar-refractivity contribution in [1.29, 1.82) is 0 Å². The number of piperidine rings is 1. The van der Waals surface area contributed by atoms with Crippen molar-refractivity contribution in [2.75, 3.05) is 26.2 Å². The molecule has 0 bridgehead atoms. The Morgan fingerprint density at radius 2 is 2.07 bits per heavy atom. The zero-order valence-electron chi connectivity index (χ0n) is 9.60. The van der Waals surface area contributed by atoms with Gasteiger partial charge in [-0.25, -0.2) is 0 Å². The Balaban J connectivity index is 1.75. The molecule has 2 aliphatic rings. The molecule has 0 spiro atoms. The first-order chi connectivity index (χ1) is 7.35. The Labute approximate surface area is 92.6 Å². The summed E-state index contributed by atoms with van der Waals surface area (Å²) in [7, 11) is 0. The fraction of sp³-hybridized carbons (Fsp3) is 1.00. The Morgan fingerprint density at radius 1 is 1.27 bits per heavy atom. The van der Waals surface area contributed by atoms with Crippen molar-refractivity contribution in [2.45, 2.75) is 44.1 Å². The second-order valence-corrected chi connectivity index (χ2v) is 5.24. The lowest BCUT2D eigenvalue weighted by molar-refractivity contribution is 0.155. The Bertz CT molecular complexity index is 184. The molecule has 1 saturated heterocycles. The average Bonchev–Trinajstić information content (AvgIpc) is 2.77. The molecule has 0 aromatic heterocycles. The minimum atomic E-state index is 0.0669. The standard InChI is InChI=1S/C12H24N2O/c15-10-12(5-1-2-6-12)14-9-11-4-3-7-13-8-11/h11,13-15H,1-10H2. The molecule has 2 fully saturated rings. The number of nitrogens with one attached hydrogen (secondary N) is 2. The van der Waals surface area contributed by atoms with Gasteiger partial charge in [-0.1, -0.05) is 12.8 Å². The molecule has 0 aromatic carbocycles. The van der Waals surface area contributed by atoms with Gasteiger partial charge in [0.05, 0.1) is 6.61 Å². The van der Waals surface area contributed by atoms with E-state index in [9.17, 15) is 5.11 Å². The van der Waals surface area contributed by atoms with Crippen LogP contribution in [0.25, 0.3) is 0 Å². The second-order valence-electron chi connectivity index (χ2n) is 5.24. The van der Waals surface area contributed by atoms with E-state index in [0.717, 1.165) is 31.8 Å². The molecule has 15 heavy (non-hydrogen) atoms. The third-order valence-electron chi connectivity index (χ3n) is 4.03. The van der Waals surface area contributed by atoms with Gasteiger partial charge in [0.25, 0.3) is 0 Å². The summed E-state index contributed by atoms with van der Waals surface area (Å²) in [5, 5.41) is 16.5. The Kier molecular flexibility index (Phi) is 4.00. The molecule has 0 aromatic rings. The quantitative estimate of drug-likeness (QED) is 0.648. The van der Waals surface area contributed by atoms with Crippen molar-refractivity contribution < 1.29 is 5.11 Å². The van der Waals surface area contributed by atoms with Gasteiger partial charge in [-0.15, -0.1) is 0 Å². The highest BCUT2D eigenvalue weighted by Crippen LogP contribution is 2.29. The first-order valence-corrected chi connectivity index (χ1v) is 6.41. The number of rotatable bonds is 4. The molecule has 3 N–H and O–H groups in total. The largest absolute Gasteiger partial charge is 0.394 e. The minimum absolute atomic E-state index is 0.0669. The third kappa shape index (κ3) is 2.92. The summed E-state index contributed by atoms with van der Waals surface area (Å²) in [5.41, 5.74) is 0.0669. The lowest BCUT2D eigenvalue weighted by Gasteiger charge is -2.32. The fourth-order valence-corrected chi connectivity index (χ4v) is 2.90. The number of hydrogen-bond donors (Lipinski definition) is 3. The van der Waals surface area contributed by atoms with Crippen molar-refractivity contribution in [3.63, 3.8) is 0 Å². The SMILES string of the molecule is OCC1(NCC2CCCNC2)CCCC1. The van der Waals surface area contributed by atoms with Gasteiger partial charge in [-0.2, -0.15) is 0 Å².